The fraction of sp³-hybridized carbons (Fsp3) is 0.316. The van der Waals surface area contributed by atoms with Crippen molar-refractivity contribution >= 4 is 27.5 Å². The van der Waals surface area contributed by atoms with Gasteiger partial charge in [0.05, 0.1) is 19.3 Å². The molecular weight excluding hydrogens is 368 g/mol. The number of rotatable bonds is 7. The maximum Gasteiger partial charge on any atom is 0.238 e. The van der Waals surface area contributed by atoms with Gasteiger partial charge in [-0.05, 0) is 48.7 Å². The van der Waals surface area contributed by atoms with Gasteiger partial charge in [-0.25, -0.2) is 0 Å². The first-order valence-corrected chi connectivity index (χ1v) is 8.76. The Morgan fingerprint density at radius 1 is 1.21 bits per heavy atom. The van der Waals surface area contributed by atoms with Crippen LogP contribution in [-0.4, -0.2) is 19.6 Å². The number of hydrogen-bond donors (Lipinski definition) is 2. The summed E-state index contributed by atoms with van der Waals surface area (Å²) in [5.74, 6) is 0.573. The molecule has 2 N–H and O–H groups in total. The summed E-state index contributed by atoms with van der Waals surface area (Å²) in [6.45, 7) is 4.32. The molecular formula is C19H23BrN2O2. The third-order valence-electron chi connectivity index (χ3n) is 3.82. The molecule has 0 aromatic heterocycles. The highest BCUT2D eigenvalue weighted by atomic mass is 79.9. The van der Waals surface area contributed by atoms with Gasteiger partial charge in [0, 0.05) is 10.5 Å². The molecule has 128 valence electrons. The van der Waals surface area contributed by atoms with Crippen LogP contribution in [0.4, 0.5) is 5.69 Å². The second kappa shape index (κ2) is 8.85. The summed E-state index contributed by atoms with van der Waals surface area (Å²) in [6.07, 6.45) is 0.905. The van der Waals surface area contributed by atoms with Crippen LogP contribution in [-0.2, 0) is 4.79 Å². The number of benzene rings is 2. The van der Waals surface area contributed by atoms with Crippen molar-refractivity contribution < 1.29 is 9.53 Å². The van der Waals surface area contributed by atoms with Crippen molar-refractivity contribution in [2.75, 3.05) is 19.0 Å². The lowest BCUT2D eigenvalue weighted by Gasteiger charge is -2.18. The second-order valence-electron chi connectivity index (χ2n) is 5.65. The largest absolute Gasteiger partial charge is 0.495 e. The lowest BCUT2D eigenvalue weighted by molar-refractivity contribution is -0.115. The highest BCUT2D eigenvalue weighted by Gasteiger charge is 2.12. The van der Waals surface area contributed by atoms with E-state index in [-0.39, 0.29) is 18.5 Å². The lowest BCUT2D eigenvalue weighted by Crippen LogP contribution is -2.31. The summed E-state index contributed by atoms with van der Waals surface area (Å²) in [5, 5.41) is 6.22. The predicted octanol–water partition coefficient (Wildman–Crippen LogP) is 4.45. The normalized spacial score (nSPS) is 11.8. The van der Waals surface area contributed by atoms with Crippen LogP contribution in [0, 0.1) is 6.92 Å². The molecule has 0 aliphatic carbocycles. The number of aryl methyl sites for hydroxylation is 1. The van der Waals surface area contributed by atoms with Gasteiger partial charge in [0.1, 0.15) is 5.75 Å². The van der Waals surface area contributed by atoms with Crippen LogP contribution in [0.3, 0.4) is 0 Å². The van der Waals surface area contributed by atoms with Crippen molar-refractivity contribution in [3.8, 4) is 5.75 Å². The second-order valence-corrected chi connectivity index (χ2v) is 6.56. The molecule has 5 heteroatoms. The SMILES string of the molecule is CC[C@@H](NCC(=O)Nc1cc(C)ccc1OC)c1ccc(Br)cc1. The number of halogens is 1. The minimum Gasteiger partial charge on any atom is -0.495 e. The van der Waals surface area contributed by atoms with Gasteiger partial charge in [0.25, 0.3) is 0 Å². The zero-order valence-electron chi connectivity index (χ0n) is 14.2. The van der Waals surface area contributed by atoms with Crippen LogP contribution < -0.4 is 15.4 Å². The average molecular weight is 391 g/mol. The van der Waals surface area contributed by atoms with E-state index in [2.05, 4.69) is 45.6 Å². The highest BCUT2D eigenvalue weighted by Crippen LogP contribution is 2.25. The Balaban J connectivity index is 1.97. The van der Waals surface area contributed by atoms with E-state index in [1.54, 1.807) is 7.11 Å². The number of carbonyl (C=O) groups is 1. The van der Waals surface area contributed by atoms with Gasteiger partial charge in [0.2, 0.25) is 5.91 Å². The Kier molecular flexibility index (Phi) is 6.82. The first-order chi connectivity index (χ1) is 11.5. The first-order valence-electron chi connectivity index (χ1n) is 7.96. The minimum atomic E-state index is -0.0885. The van der Waals surface area contributed by atoms with Crippen LogP contribution in [0.2, 0.25) is 0 Å². The van der Waals surface area contributed by atoms with Crippen LogP contribution >= 0.6 is 15.9 Å². The van der Waals surface area contributed by atoms with Crippen LogP contribution in [0.15, 0.2) is 46.9 Å². The van der Waals surface area contributed by atoms with E-state index in [0.29, 0.717) is 11.4 Å². The van der Waals surface area contributed by atoms with Gasteiger partial charge in [-0.3, -0.25) is 4.79 Å². The van der Waals surface area contributed by atoms with E-state index >= 15 is 0 Å². The third-order valence-corrected chi connectivity index (χ3v) is 4.35. The Hall–Kier alpha value is -1.85. The molecule has 0 saturated carbocycles. The zero-order valence-corrected chi connectivity index (χ0v) is 15.8. The van der Waals surface area contributed by atoms with Crippen molar-refractivity contribution in [2.24, 2.45) is 0 Å². The summed E-state index contributed by atoms with van der Waals surface area (Å²) in [4.78, 5) is 12.3. The van der Waals surface area contributed by atoms with Crippen LogP contribution in [0.5, 0.6) is 5.75 Å². The standard InChI is InChI=1S/C19H23BrN2O2/c1-4-16(14-6-8-15(20)9-7-14)21-12-19(23)22-17-11-13(2)5-10-18(17)24-3/h5-11,16,21H,4,12H2,1-3H3,(H,22,23)/t16-/m1/s1. The maximum absolute atomic E-state index is 12.3. The van der Waals surface area contributed by atoms with E-state index in [9.17, 15) is 4.79 Å². The molecule has 24 heavy (non-hydrogen) atoms. The van der Waals surface area contributed by atoms with Crippen molar-refractivity contribution in [3.63, 3.8) is 0 Å². The van der Waals surface area contributed by atoms with Crippen LogP contribution in [0.1, 0.15) is 30.5 Å². The first kappa shape index (κ1) is 18.5. The topological polar surface area (TPSA) is 50.4 Å². The molecule has 0 radical (unpaired) electrons. The van der Waals surface area contributed by atoms with Gasteiger partial charge in [-0.1, -0.05) is 41.1 Å². The quantitative estimate of drug-likeness (QED) is 0.734. The molecule has 0 fully saturated rings. The van der Waals surface area contributed by atoms with E-state index < -0.39 is 0 Å². The lowest BCUT2D eigenvalue weighted by atomic mass is 10.0. The van der Waals surface area contributed by atoms with Gasteiger partial charge in [-0.15, -0.1) is 0 Å². The van der Waals surface area contributed by atoms with E-state index in [1.807, 2.05) is 37.3 Å². The number of hydrogen-bond acceptors (Lipinski definition) is 3. The highest BCUT2D eigenvalue weighted by molar-refractivity contribution is 9.10. The average Bonchev–Trinajstić information content (AvgIpc) is 2.57. The summed E-state index contributed by atoms with van der Waals surface area (Å²) < 4.78 is 6.34. The summed E-state index contributed by atoms with van der Waals surface area (Å²) in [5.41, 5.74) is 2.93. The van der Waals surface area contributed by atoms with Crippen LogP contribution in [0.25, 0.3) is 0 Å². The molecule has 4 nitrogen and oxygen atoms in total. The molecule has 1 atom stereocenters. The summed E-state index contributed by atoms with van der Waals surface area (Å²) in [6, 6.07) is 14.0. The Morgan fingerprint density at radius 3 is 2.54 bits per heavy atom. The zero-order chi connectivity index (χ0) is 17.5. The fourth-order valence-electron chi connectivity index (χ4n) is 2.52. The molecule has 0 saturated heterocycles. The predicted molar refractivity (Wildman–Crippen MR) is 102 cm³/mol. The molecule has 0 spiro atoms. The van der Waals surface area contributed by atoms with E-state index in [1.165, 1.54) is 5.56 Å². The molecule has 0 aliphatic heterocycles. The molecule has 2 aromatic carbocycles. The Bertz CT molecular complexity index is 686. The molecule has 2 rings (SSSR count). The number of amides is 1. The third kappa shape index (κ3) is 5.08. The minimum absolute atomic E-state index is 0.0885. The van der Waals surface area contributed by atoms with Crippen molar-refractivity contribution in [1.82, 2.24) is 5.32 Å². The number of nitrogens with one attached hydrogen (secondary N) is 2. The number of anilines is 1. The molecule has 0 heterocycles. The van der Waals surface area contributed by atoms with Crippen molar-refractivity contribution in [2.45, 2.75) is 26.3 Å². The van der Waals surface area contributed by atoms with Crippen molar-refractivity contribution in [1.29, 1.82) is 0 Å². The van der Waals surface area contributed by atoms with Gasteiger partial charge in [0.15, 0.2) is 0 Å². The van der Waals surface area contributed by atoms with E-state index in [0.717, 1.165) is 16.5 Å². The fourth-order valence-corrected chi connectivity index (χ4v) is 2.79. The monoisotopic (exact) mass is 390 g/mol. The van der Waals surface area contributed by atoms with Gasteiger partial charge in [-0.2, -0.15) is 0 Å². The number of methoxy groups -OCH3 is 1. The number of ether oxygens (including phenoxy) is 1. The molecule has 0 unspecified atom stereocenters. The Morgan fingerprint density at radius 2 is 1.92 bits per heavy atom. The molecule has 1 amide bonds. The number of carbonyl (C=O) groups excluding carboxylic acids is 1. The summed E-state index contributed by atoms with van der Waals surface area (Å²) in [7, 11) is 1.60. The Labute approximate surface area is 151 Å². The van der Waals surface area contributed by atoms with Gasteiger partial charge >= 0.3 is 0 Å². The molecule has 2 aromatic rings. The van der Waals surface area contributed by atoms with Gasteiger partial charge < -0.3 is 15.4 Å². The van der Waals surface area contributed by atoms with Crippen molar-refractivity contribution in [3.05, 3.63) is 58.1 Å². The summed E-state index contributed by atoms with van der Waals surface area (Å²) >= 11 is 3.44. The smallest absolute Gasteiger partial charge is 0.238 e. The molecule has 0 aliphatic rings. The maximum atomic E-state index is 12.3. The van der Waals surface area contributed by atoms with E-state index in [4.69, 9.17) is 4.74 Å². The molecule has 0 bridgehead atoms.